The Kier molecular flexibility index (Phi) is 3.49. The van der Waals surface area contributed by atoms with Gasteiger partial charge in [0.15, 0.2) is 5.75 Å². The maximum Gasteiger partial charge on any atom is 0.313 e. The van der Waals surface area contributed by atoms with Gasteiger partial charge in [0, 0.05) is 18.1 Å². The van der Waals surface area contributed by atoms with Crippen molar-refractivity contribution in [3.63, 3.8) is 0 Å². The molecule has 6 heteroatoms. The van der Waals surface area contributed by atoms with Crippen molar-refractivity contribution in [3.05, 3.63) is 48.7 Å². The van der Waals surface area contributed by atoms with Gasteiger partial charge in [0.25, 0.3) is 0 Å². The van der Waals surface area contributed by atoms with Crippen LogP contribution in [0.3, 0.4) is 0 Å². The van der Waals surface area contributed by atoms with E-state index >= 15 is 0 Å². The van der Waals surface area contributed by atoms with E-state index in [0.29, 0.717) is 23.1 Å². The van der Waals surface area contributed by atoms with Gasteiger partial charge >= 0.3 is 5.97 Å². The highest BCUT2D eigenvalue weighted by Crippen LogP contribution is 2.65. The van der Waals surface area contributed by atoms with Crippen molar-refractivity contribution in [3.8, 4) is 5.75 Å². The Labute approximate surface area is 167 Å². The summed E-state index contributed by atoms with van der Waals surface area (Å²) < 4.78 is 5.49. The molecule has 2 aromatic rings. The van der Waals surface area contributed by atoms with Crippen molar-refractivity contribution in [1.29, 1.82) is 0 Å². The van der Waals surface area contributed by atoms with Crippen LogP contribution < -0.4 is 4.74 Å². The molecule has 2 bridgehead atoms. The van der Waals surface area contributed by atoms with Crippen molar-refractivity contribution >= 4 is 28.7 Å². The largest absolute Gasteiger partial charge is 0.424 e. The third-order valence-electron chi connectivity index (χ3n) is 7.11. The smallest absolute Gasteiger partial charge is 0.313 e. The number of carbonyl (C=O) groups excluding carboxylic acids is 3. The van der Waals surface area contributed by atoms with E-state index in [1.807, 2.05) is 18.2 Å². The fourth-order valence-corrected chi connectivity index (χ4v) is 5.77. The lowest BCUT2D eigenvalue weighted by Gasteiger charge is -2.37. The SMILES string of the molecule is O=C(CCN1C(=O)[C@H]2[C@@H]3C=C[C@H]([C@H]4C[C@H]34)[C@@H]2C1=O)Oc1cccc2cccnc12. The average Bonchev–Trinajstić information content (AvgIpc) is 3.52. The van der Waals surface area contributed by atoms with Gasteiger partial charge in [0.1, 0.15) is 5.52 Å². The molecule has 2 saturated carbocycles. The summed E-state index contributed by atoms with van der Waals surface area (Å²) in [4.78, 5) is 43.9. The summed E-state index contributed by atoms with van der Waals surface area (Å²) in [6.45, 7) is 0.0798. The monoisotopic (exact) mass is 388 g/mol. The molecule has 3 fully saturated rings. The standard InChI is InChI=1S/C23H20N2O4/c26-18(29-17-5-1-3-12-4-2-9-24-21(12)17)8-10-25-22(27)19-13-6-7-14(16-11-15(13)16)20(19)23(25)28/h1-7,9,13-16,19-20H,8,10-11H2/t13-,14-,15-,16-,19+,20+/m1/s1. The number of likely N-dealkylation sites (tertiary alicyclic amines) is 1. The Balaban J connectivity index is 1.15. The van der Waals surface area contributed by atoms with E-state index in [9.17, 15) is 14.4 Å². The number of hydrogen-bond donors (Lipinski definition) is 0. The van der Waals surface area contributed by atoms with Crippen LogP contribution in [0.4, 0.5) is 0 Å². The molecule has 146 valence electrons. The lowest BCUT2D eigenvalue weighted by atomic mass is 9.63. The van der Waals surface area contributed by atoms with E-state index in [0.717, 1.165) is 11.8 Å². The molecule has 6 nitrogen and oxygen atoms in total. The molecule has 29 heavy (non-hydrogen) atoms. The first-order valence-corrected chi connectivity index (χ1v) is 10.2. The van der Waals surface area contributed by atoms with Gasteiger partial charge in [-0.2, -0.15) is 0 Å². The molecule has 2 heterocycles. The lowest BCUT2D eigenvalue weighted by Crippen LogP contribution is -2.40. The van der Waals surface area contributed by atoms with Crippen molar-refractivity contribution in [2.45, 2.75) is 12.8 Å². The van der Waals surface area contributed by atoms with Crippen LogP contribution in [0.2, 0.25) is 0 Å². The van der Waals surface area contributed by atoms with Gasteiger partial charge in [-0.25, -0.2) is 0 Å². The number of carbonyl (C=O) groups is 3. The Morgan fingerprint density at radius 2 is 1.72 bits per heavy atom. The number of allylic oxidation sites excluding steroid dienone is 2. The number of hydrogen-bond acceptors (Lipinski definition) is 5. The Hall–Kier alpha value is -3.02. The molecular weight excluding hydrogens is 368 g/mol. The van der Waals surface area contributed by atoms with Crippen LogP contribution in [0.5, 0.6) is 5.75 Å². The summed E-state index contributed by atoms with van der Waals surface area (Å²) in [7, 11) is 0. The van der Waals surface area contributed by atoms with Crippen molar-refractivity contribution in [2.75, 3.05) is 6.54 Å². The van der Waals surface area contributed by atoms with Gasteiger partial charge in [-0.3, -0.25) is 24.3 Å². The van der Waals surface area contributed by atoms with E-state index < -0.39 is 5.97 Å². The van der Waals surface area contributed by atoms with E-state index in [1.165, 1.54) is 4.90 Å². The number of pyridine rings is 1. The van der Waals surface area contributed by atoms with Crippen molar-refractivity contribution < 1.29 is 19.1 Å². The zero-order valence-corrected chi connectivity index (χ0v) is 15.7. The lowest BCUT2D eigenvalue weighted by molar-refractivity contribution is -0.141. The maximum absolute atomic E-state index is 13.0. The first kappa shape index (κ1) is 16.9. The highest BCUT2D eigenvalue weighted by atomic mass is 16.5. The van der Waals surface area contributed by atoms with E-state index in [1.54, 1.807) is 18.3 Å². The molecule has 2 amide bonds. The average molecular weight is 388 g/mol. The molecule has 1 aliphatic heterocycles. The Morgan fingerprint density at radius 1 is 1.03 bits per heavy atom. The number of amides is 2. The fraction of sp³-hybridized carbons (Fsp3) is 0.391. The minimum atomic E-state index is -0.470. The molecule has 6 atom stereocenters. The predicted octanol–water partition coefficient (Wildman–Crippen LogP) is 2.58. The first-order chi connectivity index (χ1) is 14.1. The molecule has 1 saturated heterocycles. The molecular formula is C23H20N2O4. The molecule has 0 N–H and O–H groups in total. The highest BCUT2D eigenvalue weighted by Gasteiger charge is 2.66. The number of imide groups is 1. The second-order valence-corrected chi connectivity index (χ2v) is 8.54. The van der Waals surface area contributed by atoms with E-state index in [2.05, 4.69) is 17.1 Å². The predicted molar refractivity (Wildman–Crippen MR) is 103 cm³/mol. The van der Waals surface area contributed by atoms with Gasteiger partial charge in [-0.1, -0.05) is 30.4 Å². The summed E-state index contributed by atoms with van der Waals surface area (Å²) >= 11 is 0. The summed E-state index contributed by atoms with van der Waals surface area (Å²) in [6.07, 6.45) is 7.07. The second-order valence-electron chi connectivity index (χ2n) is 8.54. The molecule has 1 aromatic carbocycles. The quantitative estimate of drug-likeness (QED) is 0.348. The number of aromatic nitrogens is 1. The number of para-hydroxylation sites is 1. The van der Waals surface area contributed by atoms with Crippen LogP contribution in [-0.2, 0) is 14.4 Å². The van der Waals surface area contributed by atoms with Crippen LogP contribution in [0, 0.1) is 35.5 Å². The molecule has 1 aromatic heterocycles. The van der Waals surface area contributed by atoms with E-state index in [-0.39, 0.29) is 48.5 Å². The molecule has 0 unspecified atom stereocenters. The third kappa shape index (κ3) is 2.41. The van der Waals surface area contributed by atoms with Crippen LogP contribution in [0.15, 0.2) is 48.7 Å². The number of ether oxygens (including phenoxy) is 1. The summed E-state index contributed by atoms with van der Waals surface area (Å²) in [5.74, 6) is 0.812. The normalized spacial score (nSPS) is 33.7. The van der Waals surface area contributed by atoms with Gasteiger partial charge in [0.05, 0.1) is 18.3 Å². The van der Waals surface area contributed by atoms with Crippen LogP contribution >= 0.6 is 0 Å². The third-order valence-corrected chi connectivity index (χ3v) is 7.11. The highest BCUT2D eigenvalue weighted by molar-refractivity contribution is 6.06. The summed E-state index contributed by atoms with van der Waals surface area (Å²) in [5, 5.41) is 0.883. The van der Waals surface area contributed by atoms with Gasteiger partial charge in [-0.05, 0) is 42.2 Å². The van der Waals surface area contributed by atoms with E-state index in [4.69, 9.17) is 4.74 Å². The van der Waals surface area contributed by atoms with Crippen LogP contribution in [0.1, 0.15) is 12.8 Å². The minimum absolute atomic E-state index is 0.0181. The fourth-order valence-electron chi connectivity index (χ4n) is 5.77. The van der Waals surface area contributed by atoms with Crippen molar-refractivity contribution in [2.24, 2.45) is 35.5 Å². The number of esters is 1. The summed E-state index contributed by atoms with van der Waals surface area (Å²) in [6, 6.07) is 9.12. The molecule has 4 aliphatic carbocycles. The Morgan fingerprint density at radius 3 is 2.45 bits per heavy atom. The zero-order valence-electron chi connectivity index (χ0n) is 15.7. The van der Waals surface area contributed by atoms with Gasteiger partial charge < -0.3 is 4.74 Å². The van der Waals surface area contributed by atoms with Gasteiger partial charge in [0.2, 0.25) is 11.8 Å². The van der Waals surface area contributed by atoms with Gasteiger partial charge in [-0.15, -0.1) is 0 Å². The number of rotatable bonds is 4. The minimum Gasteiger partial charge on any atom is -0.424 e. The zero-order chi connectivity index (χ0) is 19.7. The number of benzene rings is 1. The summed E-state index contributed by atoms with van der Waals surface area (Å²) in [5.41, 5.74) is 0.615. The van der Waals surface area contributed by atoms with Crippen LogP contribution in [-0.4, -0.2) is 34.2 Å². The molecule has 0 spiro atoms. The maximum atomic E-state index is 13.0. The second kappa shape index (κ2) is 5.99. The van der Waals surface area contributed by atoms with Crippen LogP contribution in [0.25, 0.3) is 10.9 Å². The topological polar surface area (TPSA) is 76.6 Å². The number of fused-ring (bicyclic) bond motifs is 1. The van der Waals surface area contributed by atoms with Crippen molar-refractivity contribution in [1.82, 2.24) is 9.88 Å². The Bertz CT molecular complexity index is 1050. The first-order valence-electron chi connectivity index (χ1n) is 10.2. The molecule has 0 radical (unpaired) electrons. The molecule has 7 rings (SSSR count). The molecule has 5 aliphatic rings. The number of nitrogens with zero attached hydrogens (tertiary/aromatic N) is 2.